The summed E-state index contributed by atoms with van der Waals surface area (Å²) in [7, 11) is 3.19. The molecule has 0 saturated carbocycles. The number of rotatable bonds is 6. The first kappa shape index (κ1) is 21.6. The van der Waals surface area contributed by atoms with Gasteiger partial charge in [0.2, 0.25) is 11.9 Å². The average Bonchev–Trinajstić information content (AvgIpc) is 3.27. The van der Waals surface area contributed by atoms with Crippen LogP contribution in [0.3, 0.4) is 0 Å². The second-order valence-corrected chi connectivity index (χ2v) is 8.91. The number of likely N-dealkylation sites (tertiary alicyclic amines) is 1. The number of fused-ring (bicyclic) bond motifs is 1. The molecule has 31 heavy (non-hydrogen) atoms. The number of nitrogens with zero attached hydrogens (tertiary/aromatic N) is 3. The second-order valence-electron chi connectivity index (χ2n) is 7.99. The molecule has 2 aromatic carbocycles. The Morgan fingerprint density at radius 2 is 1.94 bits per heavy atom. The first-order chi connectivity index (χ1) is 14.8. The Bertz CT molecular complexity index is 1120. The maximum atomic E-state index is 14.6. The molecule has 0 aliphatic carbocycles. The van der Waals surface area contributed by atoms with Gasteiger partial charge >= 0.3 is 0 Å². The van der Waals surface area contributed by atoms with Crippen molar-refractivity contribution in [3.63, 3.8) is 0 Å². The van der Waals surface area contributed by atoms with E-state index in [4.69, 9.17) is 9.47 Å². The molecule has 0 bridgehead atoms. The van der Waals surface area contributed by atoms with E-state index in [1.807, 2.05) is 43.0 Å². The molecule has 1 amide bonds. The number of hydrogen-bond acceptors (Lipinski definition) is 4. The number of aryl methyl sites for hydroxylation is 1. The molecule has 4 rings (SSSR count). The van der Waals surface area contributed by atoms with Gasteiger partial charge in [0.1, 0.15) is 23.1 Å². The van der Waals surface area contributed by atoms with Crippen LogP contribution < -0.4 is 9.47 Å². The van der Waals surface area contributed by atoms with Crippen molar-refractivity contribution in [2.75, 3.05) is 13.7 Å². The number of carbonyl (C=O) groups is 1. The lowest BCUT2D eigenvalue weighted by Gasteiger charge is -2.27. The minimum atomic E-state index is -0.443. The van der Waals surface area contributed by atoms with Gasteiger partial charge in [-0.3, -0.25) is 4.79 Å². The summed E-state index contributed by atoms with van der Waals surface area (Å²) < 4.78 is 27.9. The van der Waals surface area contributed by atoms with Crippen molar-refractivity contribution in [2.45, 2.75) is 32.4 Å². The molecule has 1 aromatic heterocycles. The van der Waals surface area contributed by atoms with Crippen LogP contribution >= 0.6 is 15.9 Å². The summed E-state index contributed by atoms with van der Waals surface area (Å²) in [4.78, 5) is 14.7. The van der Waals surface area contributed by atoms with Crippen LogP contribution in [0.25, 0.3) is 10.9 Å². The van der Waals surface area contributed by atoms with Crippen LogP contribution in [0.5, 0.6) is 11.5 Å². The van der Waals surface area contributed by atoms with Crippen molar-refractivity contribution in [1.29, 1.82) is 0 Å². The zero-order valence-corrected chi connectivity index (χ0v) is 19.5. The number of benzene rings is 2. The van der Waals surface area contributed by atoms with Gasteiger partial charge < -0.3 is 14.4 Å². The molecule has 1 fully saturated rings. The van der Waals surface area contributed by atoms with E-state index in [0.29, 0.717) is 29.6 Å². The van der Waals surface area contributed by atoms with E-state index in [1.165, 1.54) is 4.68 Å². The van der Waals surface area contributed by atoms with Crippen LogP contribution in [-0.2, 0) is 11.8 Å². The summed E-state index contributed by atoms with van der Waals surface area (Å²) in [6.45, 7) is 4.54. The molecule has 1 saturated heterocycles. The van der Waals surface area contributed by atoms with Crippen molar-refractivity contribution in [3.05, 3.63) is 52.4 Å². The standard InChI is InChI=1S/C23H25BrFN3O3/c1-13(15-5-7-18(30-4)8-6-15)28-12-16(9-21(28)29)14(2)31-20-11-17(24)10-19-22(20)23(25)27(3)26-19/h5-8,10-11,13-14,16H,9,12H2,1-4H3/t13-,14+,16+/m0/s1. The van der Waals surface area contributed by atoms with E-state index in [2.05, 4.69) is 21.0 Å². The highest BCUT2D eigenvalue weighted by Gasteiger charge is 2.37. The predicted octanol–water partition coefficient (Wildman–Crippen LogP) is 4.86. The van der Waals surface area contributed by atoms with Crippen LogP contribution in [0.4, 0.5) is 4.39 Å². The lowest BCUT2D eigenvalue weighted by molar-refractivity contribution is -0.129. The minimum absolute atomic E-state index is 0.00182. The van der Waals surface area contributed by atoms with Gasteiger partial charge in [0.05, 0.1) is 18.5 Å². The number of carbonyl (C=O) groups excluding carboxylic acids is 1. The van der Waals surface area contributed by atoms with Gasteiger partial charge in [-0.05, 0) is 43.7 Å². The quantitative estimate of drug-likeness (QED) is 0.496. The molecule has 1 aliphatic rings. The molecule has 3 atom stereocenters. The molecular formula is C23H25BrFN3O3. The molecule has 0 radical (unpaired) electrons. The Labute approximate surface area is 189 Å². The number of aromatic nitrogens is 2. The Balaban J connectivity index is 1.51. The van der Waals surface area contributed by atoms with Gasteiger partial charge in [0.25, 0.3) is 0 Å². The van der Waals surface area contributed by atoms with Crippen molar-refractivity contribution in [2.24, 2.45) is 13.0 Å². The van der Waals surface area contributed by atoms with Gasteiger partial charge in [-0.15, -0.1) is 0 Å². The minimum Gasteiger partial charge on any atom is -0.497 e. The summed E-state index contributed by atoms with van der Waals surface area (Å²) in [5.74, 6) is 0.864. The van der Waals surface area contributed by atoms with E-state index in [1.54, 1.807) is 26.3 Å². The molecule has 6 nitrogen and oxygen atoms in total. The van der Waals surface area contributed by atoms with E-state index in [-0.39, 0.29) is 24.0 Å². The van der Waals surface area contributed by atoms with Crippen LogP contribution in [0, 0.1) is 11.9 Å². The second kappa shape index (κ2) is 8.49. The van der Waals surface area contributed by atoms with Crippen LogP contribution in [0.1, 0.15) is 31.9 Å². The predicted molar refractivity (Wildman–Crippen MR) is 120 cm³/mol. The summed E-state index contributed by atoms with van der Waals surface area (Å²) >= 11 is 3.44. The van der Waals surface area contributed by atoms with Crippen LogP contribution in [0.2, 0.25) is 0 Å². The third-order valence-electron chi connectivity index (χ3n) is 6.03. The summed E-state index contributed by atoms with van der Waals surface area (Å²) in [5, 5.41) is 4.54. The summed E-state index contributed by atoms with van der Waals surface area (Å²) in [6, 6.07) is 11.2. The number of amides is 1. The van der Waals surface area contributed by atoms with E-state index < -0.39 is 5.95 Å². The van der Waals surface area contributed by atoms with E-state index in [0.717, 1.165) is 15.8 Å². The summed E-state index contributed by atoms with van der Waals surface area (Å²) in [5.41, 5.74) is 1.57. The van der Waals surface area contributed by atoms with Gasteiger partial charge in [-0.1, -0.05) is 28.1 Å². The maximum Gasteiger partial charge on any atom is 0.223 e. The van der Waals surface area contributed by atoms with E-state index >= 15 is 0 Å². The monoisotopic (exact) mass is 489 g/mol. The SMILES string of the molecule is COc1ccc([C@H](C)N2C[C@H]([C@@H](C)Oc3cc(Br)cc4nn(C)c(F)c34)CC2=O)cc1. The highest BCUT2D eigenvalue weighted by atomic mass is 79.9. The number of ether oxygens (including phenoxy) is 2. The zero-order valence-electron chi connectivity index (χ0n) is 17.9. The highest BCUT2D eigenvalue weighted by Crippen LogP contribution is 2.36. The fraction of sp³-hybridized carbons (Fsp3) is 0.391. The fourth-order valence-electron chi connectivity index (χ4n) is 4.12. The molecule has 0 N–H and O–H groups in total. The number of halogens is 2. The van der Waals surface area contributed by atoms with Crippen molar-refractivity contribution in [1.82, 2.24) is 14.7 Å². The zero-order chi connectivity index (χ0) is 22.3. The molecule has 3 aromatic rings. The van der Waals surface area contributed by atoms with Crippen molar-refractivity contribution < 1.29 is 18.7 Å². The molecular weight excluding hydrogens is 465 g/mol. The van der Waals surface area contributed by atoms with E-state index in [9.17, 15) is 9.18 Å². The fourth-order valence-corrected chi connectivity index (χ4v) is 4.55. The van der Waals surface area contributed by atoms with Crippen LogP contribution in [-0.4, -0.2) is 40.3 Å². The first-order valence-corrected chi connectivity index (χ1v) is 11.0. The molecule has 0 spiro atoms. The average molecular weight is 490 g/mol. The topological polar surface area (TPSA) is 56.6 Å². The third-order valence-corrected chi connectivity index (χ3v) is 6.48. The normalized spacial score (nSPS) is 18.5. The Kier molecular flexibility index (Phi) is 5.92. The Hall–Kier alpha value is -2.61. The Morgan fingerprint density at radius 3 is 2.61 bits per heavy atom. The Morgan fingerprint density at radius 1 is 1.23 bits per heavy atom. The van der Waals surface area contributed by atoms with Gasteiger partial charge in [-0.2, -0.15) is 9.49 Å². The largest absolute Gasteiger partial charge is 0.497 e. The maximum absolute atomic E-state index is 14.6. The van der Waals surface area contributed by atoms with Gasteiger partial charge in [0.15, 0.2) is 0 Å². The van der Waals surface area contributed by atoms with Gasteiger partial charge in [0, 0.05) is 30.4 Å². The summed E-state index contributed by atoms with van der Waals surface area (Å²) in [6.07, 6.45) is 0.128. The number of hydrogen-bond donors (Lipinski definition) is 0. The smallest absolute Gasteiger partial charge is 0.223 e. The molecule has 0 unspecified atom stereocenters. The van der Waals surface area contributed by atoms with Crippen LogP contribution in [0.15, 0.2) is 40.9 Å². The van der Waals surface area contributed by atoms with Crippen molar-refractivity contribution >= 4 is 32.7 Å². The molecule has 8 heteroatoms. The molecule has 2 heterocycles. The first-order valence-electron chi connectivity index (χ1n) is 10.2. The lowest BCUT2D eigenvalue weighted by atomic mass is 10.0. The molecule has 1 aliphatic heterocycles. The van der Waals surface area contributed by atoms with Crippen molar-refractivity contribution in [3.8, 4) is 11.5 Å². The highest BCUT2D eigenvalue weighted by molar-refractivity contribution is 9.10. The lowest BCUT2D eigenvalue weighted by Crippen LogP contribution is -2.31. The molecule has 164 valence electrons. The number of methoxy groups -OCH3 is 1. The van der Waals surface area contributed by atoms with Gasteiger partial charge in [-0.25, -0.2) is 4.68 Å². The third kappa shape index (κ3) is 4.13.